The number of rotatable bonds is 3. The third-order valence-corrected chi connectivity index (χ3v) is 5.45. The number of halogens is 3. The van der Waals surface area contributed by atoms with E-state index in [2.05, 4.69) is 0 Å². The first-order valence-corrected chi connectivity index (χ1v) is 8.60. The lowest BCUT2D eigenvalue weighted by Gasteiger charge is -2.07. The molecule has 1 aromatic heterocycles. The van der Waals surface area contributed by atoms with Crippen molar-refractivity contribution in [2.24, 2.45) is 0 Å². The van der Waals surface area contributed by atoms with Crippen molar-refractivity contribution in [3.63, 3.8) is 0 Å². The molecule has 0 spiro atoms. The number of benzene rings is 2. The lowest BCUT2D eigenvalue weighted by atomic mass is 10.1. The molecule has 0 aliphatic carbocycles. The standard InChI is InChI=1S/C17H12F3NO3S/c1-11-6-8-12(9-7-11)25(23,24)21-10-14(16(22)17(18,19)20)13-4-2-3-5-15(13)21/h2-10H,1H3. The highest BCUT2D eigenvalue weighted by atomic mass is 32.2. The summed E-state index contributed by atoms with van der Waals surface area (Å²) in [6.45, 7) is 1.78. The molecule has 1 heterocycles. The number of alkyl halides is 3. The molecule has 3 rings (SSSR count). The van der Waals surface area contributed by atoms with Gasteiger partial charge in [0.25, 0.3) is 15.8 Å². The van der Waals surface area contributed by atoms with Crippen LogP contribution in [0, 0.1) is 6.92 Å². The van der Waals surface area contributed by atoms with Crippen LogP contribution < -0.4 is 0 Å². The molecule has 0 fully saturated rings. The Bertz CT molecular complexity index is 1060. The smallest absolute Gasteiger partial charge is 0.284 e. The molecule has 4 nitrogen and oxygen atoms in total. The van der Waals surface area contributed by atoms with E-state index in [1.165, 1.54) is 36.4 Å². The Morgan fingerprint density at radius 3 is 2.20 bits per heavy atom. The third kappa shape index (κ3) is 2.93. The fraction of sp³-hybridized carbons (Fsp3) is 0.118. The first-order valence-electron chi connectivity index (χ1n) is 7.16. The summed E-state index contributed by atoms with van der Waals surface area (Å²) in [5.74, 6) is -2.08. The third-order valence-electron chi connectivity index (χ3n) is 3.76. The van der Waals surface area contributed by atoms with E-state index in [1.54, 1.807) is 19.1 Å². The van der Waals surface area contributed by atoms with Crippen LogP contribution in [0.4, 0.5) is 13.2 Å². The zero-order valence-corrected chi connectivity index (χ0v) is 13.7. The number of fused-ring (bicyclic) bond motifs is 1. The minimum atomic E-state index is -5.09. The van der Waals surface area contributed by atoms with Crippen LogP contribution >= 0.6 is 0 Å². The van der Waals surface area contributed by atoms with Crippen molar-refractivity contribution in [1.29, 1.82) is 0 Å². The summed E-state index contributed by atoms with van der Waals surface area (Å²) in [5, 5.41) is -0.0690. The monoisotopic (exact) mass is 367 g/mol. The number of carbonyl (C=O) groups excluding carboxylic acids is 1. The molecular formula is C17H12F3NO3S. The second-order valence-electron chi connectivity index (χ2n) is 5.50. The molecule has 0 bridgehead atoms. The van der Waals surface area contributed by atoms with Crippen LogP contribution in [-0.2, 0) is 10.0 Å². The minimum Gasteiger partial charge on any atom is -0.284 e. The molecular weight excluding hydrogens is 355 g/mol. The van der Waals surface area contributed by atoms with E-state index in [0.717, 1.165) is 11.8 Å². The Labute approximate surface area is 141 Å². The van der Waals surface area contributed by atoms with Crippen molar-refractivity contribution in [2.45, 2.75) is 18.0 Å². The molecule has 0 saturated carbocycles. The molecule has 0 amide bonds. The maximum atomic E-state index is 12.8. The summed E-state index contributed by atoms with van der Waals surface area (Å²) in [7, 11) is -4.14. The minimum absolute atomic E-state index is 0.00988. The first kappa shape index (κ1) is 17.2. The van der Waals surface area contributed by atoms with Crippen LogP contribution in [0.3, 0.4) is 0 Å². The normalized spacial score (nSPS) is 12.5. The van der Waals surface area contributed by atoms with Crippen molar-refractivity contribution in [3.8, 4) is 0 Å². The predicted octanol–water partition coefficient (Wildman–Crippen LogP) is 3.93. The summed E-state index contributed by atoms with van der Waals surface area (Å²) in [5.41, 5.74) is 0.152. The van der Waals surface area contributed by atoms with E-state index in [0.29, 0.717) is 3.97 Å². The summed E-state index contributed by atoms with van der Waals surface area (Å²) in [6, 6.07) is 11.5. The maximum Gasteiger partial charge on any atom is 0.454 e. The Kier molecular flexibility index (Phi) is 3.95. The number of carbonyl (C=O) groups is 1. The van der Waals surface area contributed by atoms with Gasteiger partial charge in [0.2, 0.25) is 0 Å². The van der Waals surface area contributed by atoms with Crippen LogP contribution in [0.1, 0.15) is 15.9 Å². The molecule has 0 unspecified atom stereocenters. The van der Waals surface area contributed by atoms with Gasteiger partial charge in [-0.1, -0.05) is 35.9 Å². The number of ketones is 1. The van der Waals surface area contributed by atoms with E-state index >= 15 is 0 Å². The van der Waals surface area contributed by atoms with Crippen molar-refractivity contribution < 1.29 is 26.4 Å². The average Bonchev–Trinajstić information content (AvgIpc) is 2.94. The molecule has 3 aromatic rings. The predicted molar refractivity (Wildman–Crippen MR) is 86.1 cm³/mol. The molecule has 2 aromatic carbocycles. The van der Waals surface area contributed by atoms with Gasteiger partial charge in [0.05, 0.1) is 16.0 Å². The number of hydrogen-bond acceptors (Lipinski definition) is 3. The van der Waals surface area contributed by atoms with Crippen LogP contribution in [-0.4, -0.2) is 24.3 Å². The van der Waals surface area contributed by atoms with Crippen LogP contribution in [0.25, 0.3) is 10.9 Å². The van der Waals surface area contributed by atoms with E-state index in [4.69, 9.17) is 0 Å². The van der Waals surface area contributed by atoms with Gasteiger partial charge >= 0.3 is 6.18 Å². The Balaban J connectivity index is 2.27. The van der Waals surface area contributed by atoms with Gasteiger partial charge in [-0.2, -0.15) is 13.2 Å². The second-order valence-corrected chi connectivity index (χ2v) is 7.32. The van der Waals surface area contributed by atoms with Gasteiger partial charge < -0.3 is 0 Å². The fourth-order valence-electron chi connectivity index (χ4n) is 2.51. The topological polar surface area (TPSA) is 56.1 Å². The lowest BCUT2D eigenvalue weighted by Crippen LogP contribution is -2.22. The quantitative estimate of drug-likeness (QED) is 0.659. The van der Waals surface area contributed by atoms with Gasteiger partial charge in [0.1, 0.15) is 0 Å². The van der Waals surface area contributed by atoms with Gasteiger partial charge in [0.15, 0.2) is 0 Å². The number of aryl methyl sites for hydroxylation is 1. The van der Waals surface area contributed by atoms with Gasteiger partial charge in [-0.3, -0.25) is 4.79 Å². The summed E-state index contributed by atoms with van der Waals surface area (Å²) in [4.78, 5) is 11.6. The molecule has 0 radical (unpaired) electrons. The largest absolute Gasteiger partial charge is 0.454 e. The molecule has 0 aliphatic heterocycles. The van der Waals surface area contributed by atoms with Gasteiger partial charge in [-0.15, -0.1) is 0 Å². The number of Topliss-reactive ketones (excluding diaryl/α,β-unsaturated/α-hetero) is 1. The second kappa shape index (κ2) is 5.73. The molecule has 0 saturated heterocycles. The van der Waals surface area contributed by atoms with Gasteiger partial charge in [-0.05, 0) is 25.1 Å². The SMILES string of the molecule is Cc1ccc(S(=O)(=O)n2cc(C(=O)C(F)(F)F)c3ccccc32)cc1. The molecule has 25 heavy (non-hydrogen) atoms. The Hall–Kier alpha value is -2.61. The molecule has 8 heteroatoms. The van der Waals surface area contributed by atoms with Crippen LogP contribution in [0.2, 0.25) is 0 Å². The highest BCUT2D eigenvalue weighted by Crippen LogP contribution is 2.30. The van der Waals surface area contributed by atoms with Crippen molar-refractivity contribution in [1.82, 2.24) is 3.97 Å². The number of nitrogens with zero attached hydrogens (tertiary/aromatic N) is 1. The van der Waals surface area contributed by atoms with E-state index in [9.17, 15) is 26.4 Å². The van der Waals surface area contributed by atoms with Crippen molar-refractivity contribution in [3.05, 3.63) is 65.9 Å². The van der Waals surface area contributed by atoms with E-state index in [1.807, 2.05) is 0 Å². The summed E-state index contributed by atoms with van der Waals surface area (Å²) in [6.07, 6.45) is -4.36. The number of para-hydroxylation sites is 1. The lowest BCUT2D eigenvalue weighted by molar-refractivity contribution is -0.0884. The Morgan fingerprint density at radius 2 is 1.60 bits per heavy atom. The first-order chi connectivity index (χ1) is 11.6. The number of aromatic nitrogens is 1. The number of hydrogen-bond donors (Lipinski definition) is 0. The zero-order chi connectivity index (χ0) is 18.4. The Morgan fingerprint density at radius 1 is 1.00 bits per heavy atom. The molecule has 0 N–H and O–H groups in total. The van der Waals surface area contributed by atoms with Crippen molar-refractivity contribution >= 4 is 26.7 Å². The highest BCUT2D eigenvalue weighted by Gasteiger charge is 2.41. The summed E-state index contributed by atoms with van der Waals surface area (Å²) < 4.78 is 64.8. The fourth-order valence-corrected chi connectivity index (χ4v) is 3.88. The van der Waals surface area contributed by atoms with Crippen molar-refractivity contribution in [2.75, 3.05) is 0 Å². The van der Waals surface area contributed by atoms with E-state index < -0.39 is 27.5 Å². The van der Waals surface area contributed by atoms with Crippen LogP contribution in [0.5, 0.6) is 0 Å². The van der Waals surface area contributed by atoms with E-state index in [-0.39, 0.29) is 15.8 Å². The van der Waals surface area contributed by atoms with Gasteiger partial charge in [0, 0.05) is 11.6 Å². The van der Waals surface area contributed by atoms with Crippen LogP contribution in [0.15, 0.2) is 59.6 Å². The average molecular weight is 367 g/mol. The molecule has 130 valence electrons. The maximum absolute atomic E-state index is 12.8. The highest BCUT2D eigenvalue weighted by molar-refractivity contribution is 7.90. The molecule has 0 aliphatic rings. The molecule has 0 atom stereocenters. The summed E-state index contributed by atoms with van der Waals surface area (Å²) >= 11 is 0. The van der Waals surface area contributed by atoms with Gasteiger partial charge in [-0.25, -0.2) is 12.4 Å². The zero-order valence-electron chi connectivity index (χ0n) is 12.9.